The number of carboxylic acid groups (broad SMARTS) is 1. The van der Waals surface area contributed by atoms with Crippen LogP contribution >= 0.6 is 0 Å². The van der Waals surface area contributed by atoms with Crippen LogP contribution in [0.1, 0.15) is 136 Å². The smallest absolute Gasteiger partial charge is 0.548 e. The van der Waals surface area contributed by atoms with Gasteiger partial charge in [-0.25, -0.2) is 0 Å². The minimum atomic E-state index is -0.924. The molecule has 0 saturated carbocycles. The number of unbranched alkanes of at least 4 members (excludes halogenated alkanes) is 16. The van der Waals surface area contributed by atoms with Crippen LogP contribution in [0.2, 0.25) is 0 Å². The maximum Gasteiger partial charge on any atom is 1.00 e. The van der Waals surface area contributed by atoms with Gasteiger partial charge in [0.1, 0.15) is 0 Å². The van der Waals surface area contributed by atoms with E-state index < -0.39 is 12.0 Å². The molecule has 0 aliphatic rings. The summed E-state index contributed by atoms with van der Waals surface area (Å²) < 4.78 is 0. The summed E-state index contributed by atoms with van der Waals surface area (Å²) in [5.74, 6) is -0.924. The molecule has 0 spiro atoms. The summed E-state index contributed by atoms with van der Waals surface area (Å²) in [5, 5.41) is 11.3. The zero-order valence-corrected chi connectivity index (χ0v) is 23.6. The van der Waals surface area contributed by atoms with Gasteiger partial charge in [-0.15, -0.1) is 0 Å². The van der Waals surface area contributed by atoms with Crippen molar-refractivity contribution in [3.8, 4) is 0 Å². The molecule has 0 aromatic carbocycles. The first-order chi connectivity index (χ1) is 13.6. The maximum absolute atomic E-state index is 11.3. The minimum absolute atomic E-state index is 0. The first-order valence-corrected chi connectivity index (χ1v) is 12.6. The van der Waals surface area contributed by atoms with Gasteiger partial charge in [-0.05, 0) is 32.9 Å². The topological polar surface area (TPSA) is 43.4 Å². The molecular formula is C25H50KNO2. The Bertz CT molecular complexity index is 317. The van der Waals surface area contributed by atoms with Gasteiger partial charge in [-0.3, -0.25) is 4.90 Å². The summed E-state index contributed by atoms with van der Waals surface area (Å²) in [7, 11) is 0. The number of carbonyl (C=O) groups excluding carboxylic acids is 1. The van der Waals surface area contributed by atoms with Crippen LogP contribution in [0.15, 0.2) is 0 Å². The Balaban J connectivity index is 0. The van der Waals surface area contributed by atoms with Crippen molar-refractivity contribution < 1.29 is 61.3 Å². The molecule has 3 nitrogen and oxygen atoms in total. The molecule has 0 aromatic rings. The molecule has 0 amide bonds. The number of rotatable bonds is 22. The van der Waals surface area contributed by atoms with Crippen LogP contribution in [0.5, 0.6) is 0 Å². The van der Waals surface area contributed by atoms with E-state index >= 15 is 0 Å². The van der Waals surface area contributed by atoms with Gasteiger partial charge < -0.3 is 9.90 Å². The van der Waals surface area contributed by atoms with Crippen molar-refractivity contribution in [2.24, 2.45) is 0 Å². The minimum Gasteiger partial charge on any atom is -0.548 e. The second kappa shape index (κ2) is 25.3. The normalized spacial score (nSPS) is 12.1. The molecule has 0 heterocycles. The van der Waals surface area contributed by atoms with E-state index in [1.165, 1.54) is 103 Å². The van der Waals surface area contributed by atoms with Crippen LogP contribution in [0.3, 0.4) is 0 Å². The van der Waals surface area contributed by atoms with Crippen LogP contribution in [0.25, 0.3) is 0 Å². The molecule has 1 unspecified atom stereocenters. The largest absolute Gasteiger partial charge is 1.00 e. The summed E-state index contributed by atoms with van der Waals surface area (Å²) in [5.41, 5.74) is 0. The van der Waals surface area contributed by atoms with Crippen molar-refractivity contribution in [2.75, 3.05) is 13.1 Å². The Morgan fingerprint density at radius 2 is 0.897 bits per heavy atom. The Morgan fingerprint density at radius 3 is 1.17 bits per heavy atom. The van der Waals surface area contributed by atoms with Crippen LogP contribution in [0.4, 0.5) is 0 Å². The molecule has 0 radical (unpaired) electrons. The quantitative estimate of drug-likeness (QED) is 0.193. The number of hydrogen-bond donors (Lipinski definition) is 0. The first-order valence-electron chi connectivity index (χ1n) is 12.6. The van der Waals surface area contributed by atoms with Crippen molar-refractivity contribution >= 4 is 5.97 Å². The molecule has 168 valence electrons. The van der Waals surface area contributed by atoms with Crippen LogP contribution in [0, 0.1) is 0 Å². The molecule has 29 heavy (non-hydrogen) atoms. The zero-order chi connectivity index (χ0) is 20.9. The number of carboxylic acids is 1. The maximum atomic E-state index is 11.3. The predicted octanol–water partition coefficient (Wildman–Crippen LogP) is 3.49. The first kappa shape index (κ1) is 32.2. The molecule has 0 aliphatic carbocycles. The number of hydrogen-bond acceptors (Lipinski definition) is 3. The molecule has 0 aromatic heterocycles. The monoisotopic (exact) mass is 435 g/mol. The van der Waals surface area contributed by atoms with Crippen LogP contribution in [-0.4, -0.2) is 30.0 Å². The van der Waals surface area contributed by atoms with Gasteiger partial charge in [0.25, 0.3) is 0 Å². The van der Waals surface area contributed by atoms with Gasteiger partial charge in [0.2, 0.25) is 0 Å². The van der Waals surface area contributed by atoms with Crippen molar-refractivity contribution in [3.63, 3.8) is 0 Å². The Morgan fingerprint density at radius 1 is 0.621 bits per heavy atom. The van der Waals surface area contributed by atoms with Gasteiger partial charge in [-0.2, -0.15) is 0 Å². The second-order valence-corrected chi connectivity index (χ2v) is 8.69. The van der Waals surface area contributed by atoms with Gasteiger partial charge in [0.05, 0.1) is 5.97 Å². The molecule has 0 saturated heterocycles. The third kappa shape index (κ3) is 22.1. The van der Waals surface area contributed by atoms with E-state index in [0.29, 0.717) is 0 Å². The molecule has 0 fully saturated rings. The molecule has 0 aliphatic heterocycles. The van der Waals surface area contributed by atoms with E-state index in [4.69, 9.17) is 0 Å². The van der Waals surface area contributed by atoms with Crippen molar-refractivity contribution in [1.82, 2.24) is 4.90 Å². The second-order valence-electron chi connectivity index (χ2n) is 8.69. The van der Waals surface area contributed by atoms with Gasteiger partial charge in [0, 0.05) is 6.04 Å². The Labute approximate surface area is 225 Å². The van der Waals surface area contributed by atoms with E-state index in [1.54, 1.807) is 6.92 Å². The third-order valence-electron chi connectivity index (χ3n) is 5.99. The van der Waals surface area contributed by atoms with E-state index in [9.17, 15) is 9.90 Å². The fourth-order valence-electron chi connectivity index (χ4n) is 3.90. The van der Waals surface area contributed by atoms with E-state index in [0.717, 1.165) is 25.9 Å². The molecule has 4 heteroatoms. The standard InChI is InChI=1S/C25H51NO2.K/c1-4-6-8-10-12-14-16-18-20-22-26(24(3)25(27)28)23-21-19-17-15-13-11-9-7-5-2;/h24H,4-23H2,1-3H3,(H,27,28);/q;+1/p-1. The summed E-state index contributed by atoms with van der Waals surface area (Å²) in [6.07, 6.45) is 23.5. The van der Waals surface area contributed by atoms with Gasteiger partial charge >= 0.3 is 51.4 Å². The Kier molecular flexibility index (Phi) is 28.2. The molecular weight excluding hydrogens is 385 g/mol. The fraction of sp³-hybridized carbons (Fsp3) is 0.960. The Hall–Kier alpha value is 1.07. The number of nitrogens with zero attached hydrogens (tertiary/aromatic N) is 1. The molecule has 0 N–H and O–H groups in total. The van der Waals surface area contributed by atoms with Crippen molar-refractivity contribution in [1.29, 1.82) is 0 Å². The predicted molar refractivity (Wildman–Crippen MR) is 120 cm³/mol. The molecule has 0 rings (SSSR count). The van der Waals surface area contributed by atoms with Gasteiger partial charge in [-0.1, -0.05) is 117 Å². The average molecular weight is 436 g/mol. The van der Waals surface area contributed by atoms with E-state index in [2.05, 4.69) is 18.7 Å². The fourth-order valence-corrected chi connectivity index (χ4v) is 3.90. The van der Waals surface area contributed by atoms with E-state index in [1.807, 2.05) is 0 Å². The summed E-state index contributed by atoms with van der Waals surface area (Å²) in [6.45, 7) is 8.11. The number of aliphatic carboxylic acids is 1. The van der Waals surface area contributed by atoms with Crippen LogP contribution in [-0.2, 0) is 4.79 Å². The number of carbonyl (C=O) groups is 1. The van der Waals surface area contributed by atoms with Crippen LogP contribution < -0.4 is 56.5 Å². The SMILES string of the molecule is CCCCCCCCCCCN(CCCCCCCCCCC)C(C)C(=O)[O-].[K+]. The van der Waals surface area contributed by atoms with Crippen molar-refractivity contribution in [3.05, 3.63) is 0 Å². The summed E-state index contributed by atoms with van der Waals surface area (Å²) >= 11 is 0. The summed E-state index contributed by atoms with van der Waals surface area (Å²) in [6, 6.07) is -0.455. The molecule has 0 bridgehead atoms. The molecule has 1 atom stereocenters. The zero-order valence-electron chi connectivity index (χ0n) is 20.5. The summed E-state index contributed by atoms with van der Waals surface area (Å²) in [4.78, 5) is 13.4. The third-order valence-corrected chi connectivity index (χ3v) is 5.99. The van der Waals surface area contributed by atoms with E-state index in [-0.39, 0.29) is 51.4 Å². The average Bonchev–Trinajstić information content (AvgIpc) is 2.69. The van der Waals surface area contributed by atoms with Crippen molar-refractivity contribution in [2.45, 2.75) is 142 Å². The van der Waals surface area contributed by atoms with Gasteiger partial charge in [0.15, 0.2) is 0 Å².